The lowest BCUT2D eigenvalue weighted by molar-refractivity contribution is -0.0000365. The summed E-state index contributed by atoms with van der Waals surface area (Å²) in [5.41, 5.74) is 4.90. The zero-order valence-electron chi connectivity index (χ0n) is 6.34. The summed E-state index contributed by atoms with van der Waals surface area (Å²) in [6, 6.07) is 0. The predicted octanol–water partition coefficient (Wildman–Crippen LogP) is 0.449. The third-order valence-electron chi connectivity index (χ3n) is 2.32. The van der Waals surface area contributed by atoms with Gasteiger partial charge in [0.25, 0.3) is 0 Å². The smallest absolute Gasteiger partial charge is 0.0810 e. The molecule has 0 spiro atoms. The van der Waals surface area contributed by atoms with Gasteiger partial charge in [0.05, 0.1) is 5.60 Å². The molecule has 2 atom stereocenters. The molecule has 0 aliphatic carbocycles. The molecule has 0 radical (unpaired) electrons. The van der Waals surface area contributed by atoms with Crippen molar-refractivity contribution in [3.8, 4) is 0 Å². The summed E-state index contributed by atoms with van der Waals surface area (Å²) in [6.07, 6.45) is 0.856. The molecule has 2 unspecified atom stereocenters. The molecular formula is C7H15NOS. The second-order valence-electron chi connectivity index (χ2n) is 3.03. The van der Waals surface area contributed by atoms with Crippen molar-refractivity contribution in [2.24, 2.45) is 11.7 Å². The SMILES string of the molecule is CC1CSCCC1(O)CN. The van der Waals surface area contributed by atoms with Crippen molar-refractivity contribution >= 4 is 11.8 Å². The van der Waals surface area contributed by atoms with E-state index in [1.807, 2.05) is 11.8 Å². The molecule has 1 fully saturated rings. The normalized spacial score (nSPS) is 41.7. The third kappa shape index (κ3) is 1.47. The number of hydrogen-bond donors (Lipinski definition) is 2. The number of rotatable bonds is 1. The van der Waals surface area contributed by atoms with E-state index in [9.17, 15) is 5.11 Å². The van der Waals surface area contributed by atoms with Crippen LogP contribution in [0, 0.1) is 5.92 Å². The summed E-state index contributed by atoms with van der Waals surface area (Å²) in [5, 5.41) is 9.81. The van der Waals surface area contributed by atoms with Gasteiger partial charge in [0, 0.05) is 6.54 Å². The summed E-state index contributed by atoms with van der Waals surface area (Å²) in [5.74, 6) is 2.46. The molecule has 1 aliphatic heterocycles. The van der Waals surface area contributed by atoms with Gasteiger partial charge in [-0.3, -0.25) is 0 Å². The number of hydrogen-bond acceptors (Lipinski definition) is 3. The maximum Gasteiger partial charge on any atom is 0.0810 e. The van der Waals surface area contributed by atoms with Crippen LogP contribution in [0.25, 0.3) is 0 Å². The summed E-state index contributed by atoms with van der Waals surface area (Å²) in [4.78, 5) is 0. The van der Waals surface area contributed by atoms with Crippen LogP contribution in [0.4, 0.5) is 0 Å². The number of nitrogens with two attached hydrogens (primary N) is 1. The van der Waals surface area contributed by atoms with Crippen LogP contribution in [0.15, 0.2) is 0 Å². The zero-order chi connectivity index (χ0) is 7.61. The molecular weight excluding hydrogens is 146 g/mol. The average Bonchev–Trinajstić information content (AvgIpc) is 1.96. The molecule has 60 valence electrons. The van der Waals surface area contributed by atoms with Gasteiger partial charge in [-0.25, -0.2) is 0 Å². The highest BCUT2D eigenvalue weighted by Crippen LogP contribution is 2.30. The van der Waals surface area contributed by atoms with E-state index in [1.54, 1.807) is 0 Å². The molecule has 1 aliphatic rings. The Balaban J connectivity index is 2.54. The molecule has 0 bridgehead atoms. The molecule has 0 amide bonds. The molecule has 3 heteroatoms. The quantitative estimate of drug-likeness (QED) is 0.587. The van der Waals surface area contributed by atoms with Crippen molar-refractivity contribution < 1.29 is 5.11 Å². The summed E-state index contributed by atoms with van der Waals surface area (Å²) < 4.78 is 0. The first-order chi connectivity index (χ1) is 4.69. The largest absolute Gasteiger partial charge is 0.388 e. The third-order valence-corrected chi connectivity index (χ3v) is 3.55. The lowest BCUT2D eigenvalue weighted by atomic mass is 9.87. The van der Waals surface area contributed by atoms with Gasteiger partial charge in [0.1, 0.15) is 0 Å². The van der Waals surface area contributed by atoms with Crippen LogP contribution in [-0.2, 0) is 0 Å². The van der Waals surface area contributed by atoms with Gasteiger partial charge >= 0.3 is 0 Å². The Morgan fingerprint density at radius 3 is 2.90 bits per heavy atom. The van der Waals surface area contributed by atoms with Gasteiger partial charge in [-0.05, 0) is 23.8 Å². The first kappa shape index (κ1) is 8.37. The van der Waals surface area contributed by atoms with Crippen LogP contribution in [0.5, 0.6) is 0 Å². The van der Waals surface area contributed by atoms with Gasteiger partial charge in [-0.15, -0.1) is 0 Å². The average molecular weight is 161 g/mol. The first-order valence-electron chi connectivity index (χ1n) is 3.69. The van der Waals surface area contributed by atoms with Crippen LogP contribution < -0.4 is 5.73 Å². The van der Waals surface area contributed by atoms with Crippen molar-refractivity contribution in [3.05, 3.63) is 0 Å². The fraction of sp³-hybridized carbons (Fsp3) is 1.00. The monoisotopic (exact) mass is 161 g/mol. The molecule has 1 saturated heterocycles. The maximum absolute atomic E-state index is 9.81. The molecule has 1 rings (SSSR count). The maximum atomic E-state index is 9.81. The highest BCUT2D eigenvalue weighted by molar-refractivity contribution is 7.99. The fourth-order valence-electron chi connectivity index (χ4n) is 1.21. The second kappa shape index (κ2) is 3.11. The Morgan fingerprint density at radius 1 is 1.80 bits per heavy atom. The number of aliphatic hydroxyl groups is 1. The Labute approximate surface area is 66.2 Å². The highest BCUT2D eigenvalue weighted by atomic mass is 32.2. The van der Waals surface area contributed by atoms with Gasteiger partial charge < -0.3 is 10.8 Å². The number of thioether (sulfide) groups is 1. The van der Waals surface area contributed by atoms with Crippen molar-refractivity contribution in [2.75, 3.05) is 18.1 Å². The van der Waals surface area contributed by atoms with E-state index < -0.39 is 5.60 Å². The van der Waals surface area contributed by atoms with E-state index in [0.29, 0.717) is 12.5 Å². The van der Waals surface area contributed by atoms with Crippen LogP contribution in [0.3, 0.4) is 0 Å². The lowest BCUT2D eigenvalue weighted by Gasteiger charge is -2.36. The first-order valence-corrected chi connectivity index (χ1v) is 4.85. The molecule has 0 aromatic carbocycles. The van der Waals surface area contributed by atoms with Gasteiger partial charge in [-0.2, -0.15) is 11.8 Å². The topological polar surface area (TPSA) is 46.2 Å². The molecule has 0 aromatic heterocycles. The molecule has 0 aromatic rings. The molecule has 10 heavy (non-hydrogen) atoms. The molecule has 0 saturated carbocycles. The summed E-state index contributed by atoms with van der Waals surface area (Å²) in [7, 11) is 0. The van der Waals surface area contributed by atoms with E-state index in [-0.39, 0.29) is 0 Å². The molecule has 1 heterocycles. The minimum atomic E-state index is -0.564. The Morgan fingerprint density at radius 2 is 2.50 bits per heavy atom. The summed E-state index contributed by atoms with van der Waals surface area (Å²) >= 11 is 1.91. The van der Waals surface area contributed by atoms with E-state index in [2.05, 4.69) is 6.92 Å². The van der Waals surface area contributed by atoms with E-state index in [1.165, 1.54) is 0 Å². The predicted molar refractivity (Wildman–Crippen MR) is 45.1 cm³/mol. The van der Waals surface area contributed by atoms with E-state index >= 15 is 0 Å². The minimum Gasteiger partial charge on any atom is -0.388 e. The van der Waals surface area contributed by atoms with Gasteiger partial charge in [-0.1, -0.05) is 6.92 Å². The second-order valence-corrected chi connectivity index (χ2v) is 4.18. The van der Waals surface area contributed by atoms with Crippen LogP contribution in [-0.4, -0.2) is 28.8 Å². The van der Waals surface area contributed by atoms with Crippen LogP contribution >= 0.6 is 11.8 Å². The van der Waals surface area contributed by atoms with Crippen molar-refractivity contribution in [1.82, 2.24) is 0 Å². The van der Waals surface area contributed by atoms with Crippen LogP contribution in [0.2, 0.25) is 0 Å². The van der Waals surface area contributed by atoms with Crippen molar-refractivity contribution in [2.45, 2.75) is 18.9 Å². The fourth-order valence-corrected chi connectivity index (χ4v) is 2.54. The van der Waals surface area contributed by atoms with E-state index in [0.717, 1.165) is 17.9 Å². The zero-order valence-corrected chi connectivity index (χ0v) is 7.16. The summed E-state index contributed by atoms with van der Waals surface area (Å²) in [6.45, 7) is 2.48. The highest BCUT2D eigenvalue weighted by Gasteiger charge is 2.34. The standard InChI is InChI=1S/C7H15NOS/c1-6-4-10-3-2-7(6,9)5-8/h6,9H,2-5,8H2,1H3. The Bertz CT molecular complexity index is 120. The van der Waals surface area contributed by atoms with Gasteiger partial charge in [0.15, 0.2) is 0 Å². The van der Waals surface area contributed by atoms with Gasteiger partial charge in [0.2, 0.25) is 0 Å². The Hall–Kier alpha value is 0.270. The van der Waals surface area contributed by atoms with Crippen LogP contribution in [0.1, 0.15) is 13.3 Å². The Kier molecular flexibility index (Phi) is 2.61. The lowest BCUT2D eigenvalue weighted by Crippen LogP contribution is -2.47. The molecule has 2 nitrogen and oxygen atoms in total. The van der Waals surface area contributed by atoms with Crippen molar-refractivity contribution in [1.29, 1.82) is 0 Å². The van der Waals surface area contributed by atoms with E-state index in [4.69, 9.17) is 5.73 Å². The molecule has 3 N–H and O–H groups in total. The van der Waals surface area contributed by atoms with Crippen molar-refractivity contribution in [3.63, 3.8) is 0 Å². The minimum absolute atomic E-state index is 0.358.